The summed E-state index contributed by atoms with van der Waals surface area (Å²) < 4.78 is 0. The number of carboxylic acid groups (broad SMARTS) is 1. The van der Waals surface area contributed by atoms with Gasteiger partial charge < -0.3 is 5.11 Å². The number of carboxylic acids is 1. The molecule has 4 saturated carbocycles. The Hall–Kier alpha value is -1.43. The van der Waals surface area contributed by atoms with Gasteiger partial charge in [0.1, 0.15) is 0 Å². The van der Waals surface area contributed by atoms with Crippen LogP contribution in [0.5, 0.6) is 0 Å². The van der Waals surface area contributed by atoms with E-state index in [-0.39, 0.29) is 23.3 Å². The zero-order chi connectivity index (χ0) is 15.2. The molecular formula is C15H21NO5. The van der Waals surface area contributed by atoms with Crippen molar-refractivity contribution >= 4 is 17.8 Å². The monoisotopic (exact) mass is 295 g/mol. The van der Waals surface area contributed by atoms with Crippen molar-refractivity contribution in [1.29, 1.82) is 0 Å². The van der Waals surface area contributed by atoms with E-state index >= 15 is 0 Å². The molecule has 0 aromatic carbocycles. The molecule has 0 atom stereocenters. The van der Waals surface area contributed by atoms with E-state index in [0.29, 0.717) is 0 Å². The minimum Gasteiger partial charge on any atom is -0.481 e. The van der Waals surface area contributed by atoms with Gasteiger partial charge in [0.05, 0.1) is 5.41 Å². The molecule has 116 valence electrons. The molecule has 0 unspecified atom stereocenters. The number of nitrogens with zero attached hydrogens (tertiary/aromatic N) is 1. The molecule has 2 N–H and O–H groups in total. The Kier molecular flexibility index (Phi) is 3.51. The number of hydrogen-bond acceptors (Lipinski definition) is 4. The van der Waals surface area contributed by atoms with Gasteiger partial charge in [0.15, 0.2) is 0 Å². The van der Waals surface area contributed by atoms with Crippen molar-refractivity contribution in [1.82, 2.24) is 5.06 Å². The smallest absolute Gasteiger partial charge is 0.309 e. The summed E-state index contributed by atoms with van der Waals surface area (Å²) in [5.41, 5.74) is -0.283. The highest BCUT2D eigenvalue weighted by atomic mass is 16.5. The van der Waals surface area contributed by atoms with Gasteiger partial charge in [-0.2, -0.15) is 5.06 Å². The molecule has 21 heavy (non-hydrogen) atoms. The predicted molar refractivity (Wildman–Crippen MR) is 71.1 cm³/mol. The summed E-state index contributed by atoms with van der Waals surface area (Å²) in [6.45, 7) is 0. The van der Waals surface area contributed by atoms with Gasteiger partial charge in [0.2, 0.25) is 0 Å². The van der Waals surface area contributed by atoms with Gasteiger partial charge in [0, 0.05) is 12.8 Å². The molecule has 4 bridgehead atoms. The second-order valence-electron chi connectivity index (χ2n) is 7.10. The Labute approximate surface area is 123 Å². The maximum atomic E-state index is 11.3. The summed E-state index contributed by atoms with van der Waals surface area (Å²) in [6, 6.07) is 0. The maximum Gasteiger partial charge on any atom is 0.309 e. The predicted octanol–water partition coefficient (Wildman–Crippen LogP) is 1.81. The van der Waals surface area contributed by atoms with Crippen LogP contribution >= 0.6 is 0 Å². The number of hydroxylamine groups is 2. The number of imide groups is 1. The average molecular weight is 295 g/mol. The van der Waals surface area contributed by atoms with Crippen LogP contribution in [0.2, 0.25) is 0 Å². The lowest BCUT2D eigenvalue weighted by molar-refractivity contribution is -0.171. The van der Waals surface area contributed by atoms with Gasteiger partial charge in [-0.25, -0.2) is 0 Å². The van der Waals surface area contributed by atoms with E-state index in [2.05, 4.69) is 0 Å². The number of carbonyl (C=O) groups excluding carboxylic acids is 2. The number of rotatable bonds is 1. The molecule has 4 aliphatic carbocycles. The van der Waals surface area contributed by atoms with E-state index < -0.39 is 17.8 Å². The van der Waals surface area contributed by atoms with Crippen LogP contribution in [-0.2, 0) is 14.4 Å². The van der Waals surface area contributed by atoms with Crippen molar-refractivity contribution in [2.45, 2.75) is 51.4 Å². The third kappa shape index (κ3) is 2.57. The summed E-state index contributed by atoms with van der Waals surface area (Å²) in [6.07, 6.45) is 7.22. The Morgan fingerprint density at radius 3 is 1.57 bits per heavy atom. The van der Waals surface area contributed by atoms with Gasteiger partial charge in [0.25, 0.3) is 11.8 Å². The van der Waals surface area contributed by atoms with Crippen molar-refractivity contribution < 1.29 is 24.7 Å². The molecule has 6 nitrogen and oxygen atoms in total. The zero-order valence-electron chi connectivity index (χ0n) is 12.0. The molecule has 2 amide bonds. The normalized spacial score (nSPS) is 40.2. The summed E-state index contributed by atoms with van der Waals surface area (Å²) >= 11 is 0. The van der Waals surface area contributed by atoms with E-state index in [1.807, 2.05) is 0 Å². The summed E-state index contributed by atoms with van der Waals surface area (Å²) in [5, 5.41) is 17.8. The van der Waals surface area contributed by atoms with Crippen molar-refractivity contribution in [2.24, 2.45) is 23.2 Å². The average Bonchev–Trinajstić information content (AvgIpc) is 2.69. The van der Waals surface area contributed by atoms with Gasteiger partial charge in [-0.1, -0.05) is 0 Å². The third-order valence-electron chi connectivity index (χ3n) is 5.52. The topological polar surface area (TPSA) is 94.9 Å². The lowest BCUT2D eigenvalue weighted by atomic mass is 9.49. The largest absolute Gasteiger partial charge is 0.481 e. The number of amides is 2. The van der Waals surface area contributed by atoms with Crippen molar-refractivity contribution in [2.75, 3.05) is 0 Å². The Morgan fingerprint density at radius 2 is 1.33 bits per heavy atom. The second kappa shape index (κ2) is 5.09. The molecule has 1 saturated heterocycles. The van der Waals surface area contributed by atoms with Crippen LogP contribution < -0.4 is 0 Å². The fourth-order valence-electron chi connectivity index (χ4n) is 4.94. The van der Waals surface area contributed by atoms with Gasteiger partial charge >= 0.3 is 5.97 Å². The highest BCUT2D eigenvalue weighted by Crippen LogP contribution is 2.59. The molecule has 5 rings (SSSR count). The molecule has 5 aliphatic rings. The summed E-state index contributed by atoms with van der Waals surface area (Å²) in [4.78, 5) is 31.7. The lowest BCUT2D eigenvalue weighted by Gasteiger charge is -2.54. The van der Waals surface area contributed by atoms with E-state index in [1.165, 1.54) is 19.3 Å². The first-order chi connectivity index (χ1) is 9.89. The fraction of sp³-hybridized carbons (Fsp3) is 0.800. The van der Waals surface area contributed by atoms with Gasteiger partial charge in [-0.05, 0) is 56.3 Å². The number of carbonyl (C=O) groups is 3. The summed E-state index contributed by atoms with van der Waals surface area (Å²) in [7, 11) is 0. The first kappa shape index (κ1) is 14.5. The van der Waals surface area contributed by atoms with Gasteiger partial charge in [-0.3, -0.25) is 19.6 Å². The molecule has 1 aliphatic heterocycles. The fourth-order valence-corrected chi connectivity index (χ4v) is 4.94. The van der Waals surface area contributed by atoms with Crippen LogP contribution in [0.4, 0.5) is 0 Å². The standard InChI is InChI=1S/C11H16O2.C4H5NO3/c12-10(13)11-4-7-1-8(5-11)3-9(2-7)6-11;6-3-1-2-4(7)5(3)8/h7-9H,1-6H2,(H,12,13);8H,1-2H2. The van der Waals surface area contributed by atoms with Crippen LogP contribution in [0.1, 0.15) is 51.4 Å². The molecule has 6 heteroatoms. The van der Waals surface area contributed by atoms with Crippen LogP contribution in [-0.4, -0.2) is 33.2 Å². The molecule has 1 heterocycles. The van der Waals surface area contributed by atoms with E-state index in [9.17, 15) is 19.5 Å². The molecule has 0 radical (unpaired) electrons. The van der Waals surface area contributed by atoms with Crippen molar-refractivity contribution in [3.63, 3.8) is 0 Å². The molecular weight excluding hydrogens is 274 g/mol. The van der Waals surface area contributed by atoms with Crippen molar-refractivity contribution in [3.05, 3.63) is 0 Å². The minimum absolute atomic E-state index is 0.148. The number of hydrogen-bond donors (Lipinski definition) is 2. The third-order valence-corrected chi connectivity index (χ3v) is 5.52. The van der Waals surface area contributed by atoms with E-state index in [4.69, 9.17) is 5.21 Å². The van der Waals surface area contributed by atoms with Crippen LogP contribution in [0.25, 0.3) is 0 Å². The lowest BCUT2D eigenvalue weighted by Crippen LogP contribution is -2.49. The van der Waals surface area contributed by atoms with Crippen LogP contribution in [0.15, 0.2) is 0 Å². The highest BCUT2D eigenvalue weighted by molar-refractivity contribution is 6.00. The molecule has 0 aromatic rings. The Balaban J connectivity index is 0.000000143. The SMILES string of the molecule is O=C(O)C12CC3CC(CC(C3)C1)C2.O=C1CCC(=O)N1O. The zero-order valence-corrected chi connectivity index (χ0v) is 12.0. The summed E-state index contributed by atoms with van der Waals surface area (Å²) in [5.74, 6) is 0.739. The quantitative estimate of drug-likeness (QED) is 0.568. The van der Waals surface area contributed by atoms with Gasteiger partial charge in [-0.15, -0.1) is 0 Å². The van der Waals surface area contributed by atoms with E-state index in [1.54, 1.807) is 0 Å². The van der Waals surface area contributed by atoms with Crippen LogP contribution in [0, 0.1) is 23.2 Å². The number of aliphatic carboxylic acids is 1. The Bertz CT molecular complexity index is 435. The molecule has 0 aromatic heterocycles. The minimum atomic E-state index is -0.508. The molecule has 5 fully saturated rings. The van der Waals surface area contributed by atoms with E-state index in [0.717, 1.165) is 37.0 Å². The molecule has 0 spiro atoms. The Morgan fingerprint density at radius 1 is 0.952 bits per heavy atom. The van der Waals surface area contributed by atoms with Crippen LogP contribution in [0.3, 0.4) is 0 Å². The second-order valence-corrected chi connectivity index (χ2v) is 7.10. The maximum absolute atomic E-state index is 11.3. The first-order valence-electron chi connectivity index (χ1n) is 7.68. The highest BCUT2D eigenvalue weighted by Gasteiger charge is 2.54. The first-order valence-corrected chi connectivity index (χ1v) is 7.68. The van der Waals surface area contributed by atoms with Crippen molar-refractivity contribution in [3.8, 4) is 0 Å².